The Hall–Kier alpha value is -3.40. The van der Waals surface area contributed by atoms with Gasteiger partial charge < -0.3 is 10.4 Å². The summed E-state index contributed by atoms with van der Waals surface area (Å²) in [4.78, 5) is 24.2. The molecule has 0 unspecified atom stereocenters. The van der Waals surface area contributed by atoms with Gasteiger partial charge in [0.2, 0.25) is 0 Å². The summed E-state index contributed by atoms with van der Waals surface area (Å²) in [5.74, 6) is -1.16. The van der Waals surface area contributed by atoms with E-state index in [2.05, 4.69) is 5.32 Å². The number of carboxylic acids is 1. The summed E-state index contributed by atoms with van der Waals surface area (Å²) in [6, 6.07) is 18.4. The van der Waals surface area contributed by atoms with Crippen LogP contribution < -0.4 is 5.32 Å². The Morgan fingerprint density at radius 2 is 1.63 bits per heavy atom. The molecule has 0 aliphatic rings. The zero-order valence-electron chi connectivity index (χ0n) is 15.5. The Morgan fingerprint density at radius 1 is 0.889 bits per heavy atom. The molecule has 3 aromatic carbocycles. The van der Waals surface area contributed by atoms with Gasteiger partial charge in [-0.3, -0.25) is 4.79 Å². The van der Waals surface area contributed by atoms with Crippen molar-refractivity contribution in [3.63, 3.8) is 0 Å². The van der Waals surface area contributed by atoms with E-state index in [1.807, 2.05) is 62.4 Å². The number of carbonyl (C=O) groups is 2. The second kappa shape index (κ2) is 7.46. The molecule has 0 radical (unpaired) electrons. The normalized spacial score (nSPS) is 10.5. The fraction of sp³-hybridized carbons (Fsp3) is 0.130. The first-order valence-electron chi connectivity index (χ1n) is 8.69. The fourth-order valence-electron chi connectivity index (χ4n) is 3.06. The van der Waals surface area contributed by atoms with E-state index in [1.54, 1.807) is 19.1 Å². The number of aromatic carboxylic acids is 1. The quantitative estimate of drug-likeness (QED) is 0.670. The van der Waals surface area contributed by atoms with Crippen LogP contribution in [0.25, 0.3) is 11.1 Å². The minimum atomic E-state index is -0.960. The van der Waals surface area contributed by atoms with Crippen LogP contribution >= 0.6 is 0 Å². The minimum absolute atomic E-state index is 0.201. The van der Waals surface area contributed by atoms with Crippen molar-refractivity contribution in [1.29, 1.82) is 0 Å². The highest BCUT2D eigenvalue weighted by Crippen LogP contribution is 2.31. The standard InChI is InChI=1S/C23H21NO3/c1-14-7-6-8-17(11-14)22(25)24-21-10-5-4-9-19(21)18-12-15(2)16(3)20(13-18)23(26)27/h4-13H,1-3H3,(H,24,25)(H,26,27). The van der Waals surface area contributed by atoms with Gasteiger partial charge in [0.1, 0.15) is 0 Å². The van der Waals surface area contributed by atoms with Crippen molar-refractivity contribution < 1.29 is 14.7 Å². The van der Waals surface area contributed by atoms with Crippen molar-refractivity contribution in [2.45, 2.75) is 20.8 Å². The maximum atomic E-state index is 12.6. The van der Waals surface area contributed by atoms with Gasteiger partial charge in [-0.15, -0.1) is 0 Å². The summed E-state index contributed by atoms with van der Waals surface area (Å²) in [6.07, 6.45) is 0. The Balaban J connectivity index is 2.02. The Morgan fingerprint density at radius 3 is 2.33 bits per heavy atom. The van der Waals surface area contributed by atoms with E-state index in [1.165, 1.54) is 0 Å². The average molecular weight is 359 g/mol. The molecule has 136 valence electrons. The van der Waals surface area contributed by atoms with Gasteiger partial charge in [-0.25, -0.2) is 4.79 Å². The summed E-state index contributed by atoms with van der Waals surface area (Å²) in [6.45, 7) is 5.63. The Labute approximate surface area is 158 Å². The number of para-hydroxylation sites is 1. The minimum Gasteiger partial charge on any atom is -0.478 e. The molecule has 0 aliphatic carbocycles. The number of rotatable bonds is 4. The molecule has 27 heavy (non-hydrogen) atoms. The molecule has 0 heterocycles. The monoisotopic (exact) mass is 359 g/mol. The first kappa shape index (κ1) is 18.4. The first-order valence-corrected chi connectivity index (χ1v) is 8.69. The van der Waals surface area contributed by atoms with Crippen molar-refractivity contribution in [2.24, 2.45) is 0 Å². The van der Waals surface area contributed by atoms with Crippen LogP contribution in [0.5, 0.6) is 0 Å². The van der Waals surface area contributed by atoms with E-state index >= 15 is 0 Å². The van der Waals surface area contributed by atoms with Gasteiger partial charge in [-0.05, 0) is 61.7 Å². The molecule has 0 atom stereocenters. The lowest BCUT2D eigenvalue weighted by atomic mass is 9.94. The van der Waals surface area contributed by atoms with Crippen LogP contribution in [0.15, 0.2) is 60.7 Å². The van der Waals surface area contributed by atoms with Gasteiger partial charge in [-0.1, -0.05) is 42.0 Å². The number of anilines is 1. The Kier molecular flexibility index (Phi) is 5.08. The summed E-state index contributed by atoms with van der Waals surface area (Å²) in [5.41, 5.74) is 5.68. The van der Waals surface area contributed by atoms with Gasteiger partial charge in [0.25, 0.3) is 5.91 Å². The van der Waals surface area contributed by atoms with Crippen molar-refractivity contribution >= 4 is 17.6 Å². The van der Waals surface area contributed by atoms with Crippen LogP contribution in [-0.2, 0) is 0 Å². The third-order valence-electron chi connectivity index (χ3n) is 4.66. The highest BCUT2D eigenvalue weighted by molar-refractivity contribution is 6.06. The second-order valence-electron chi connectivity index (χ2n) is 6.64. The van der Waals surface area contributed by atoms with E-state index < -0.39 is 5.97 Å². The maximum absolute atomic E-state index is 12.6. The molecule has 2 N–H and O–H groups in total. The van der Waals surface area contributed by atoms with Crippen LogP contribution in [0, 0.1) is 20.8 Å². The number of hydrogen-bond acceptors (Lipinski definition) is 2. The van der Waals surface area contributed by atoms with Crippen molar-refractivity contribution in [1.82, 2.24) is 0 Å². The molecule has 4 nitrogen and oxygen atoms in total. The van der Waals surface area contributed by atoms with Gasteiger partial charge in [0, 0.05) is 16.8 Å². The van der Waals surface area contributed by atoms with Crippen LogP contribution in [-0.4, -0.2) is 17.0 Å². The lowest BCUT2D eigenvalue weighted by Gasteiger charge is -2.14. The van der Waals surface area contributed by atoms with Crippen molar-refractivity contribution in [2.75, 3.05) is 5.32 Å². The lowest BCUT2D eigenvalue weighted by Crippen LogP contribution is -2.12. The van der Waals surface area contributed by atoms with Crippen LogP contribution in [0.4, 0.5) is 5.69 Å². The number of aryl methyl sites for hydroxylation is 2. The number of nitrogens with one attached hydrogen (secondary N) is 1. The first-order chi connectivity index (χ1) is 12.9. The molecule has 0 fully saturated rings. The predicted octanol–water partition coefficient (Wildman–Crippen LogP) is 5.23. The molecule has 3 rings (SSSR count). The van der Waals surface area contributed by atoms with Crippen molar-refractivity contribution in [3.8, 4) is 11.1 Å². The lowest BCUT2D eigenvalue weighted by molar-refractivity contribution is 0.0695. The molecule has 1 amide bonds. The molecular formula is C23H21NO3. The van der Waals surface area contributed by atoms with E-state index in [0.29, 0.717) is 11.3 Å². The second-order valence-corrected chi connectivity index (χ2v) is 6.64. The number of carboxylic acid groups (broad SMARTS) is 1. The highest BCUT2D eigenvalue weighted by Gasteiger charge is 2.15. The third-order valence-corrected chi connectivity index (χ3v) is 4.66. The Bertz CT molecular complexity index is 1040. The maximum Gasteiger partial charge on any atom is 0.335 e. The number of carbonyl (C=O) groups excluding carboxylic acids is 1. The van der Waals surface area contributed by atoms with Gasteiger partial charge in [0.05, 0.1) is 5.56 Å². The molecule has 3 aromatic rings. The number of amides is 1. The molecule has 0 aliphatic heterocycles. The summed E-state index contributed by atoms with van der Waals surface area (Å²) >= 11 is 0. The van der Waals surface area contributed by atoms with Gasteiger partial charge >= 0.3 is 5.97 Å². The van der Waals surface area contributed by atoms with E-state index in [-0.39, 0.29) is 11.5 Å². The molecular weight excluding hydrogens is 338 g/mol. The molecule has 0 spiro atoms. The van der Waals surface area contributed by atoms with Gasteiger partial charge in [-0.2, -0.15) is 0 Å². The summed E-state index contributed by atoms with van der Waals surface area (Å²) < 4.78 is 0. The molecule has 0 saturated carbocycles. The van der Waals surface area contributed by atoms with E-state index in [9.17, 15) is 14.7 Å². The summed E-state index contributed by atoms with van der Waals surface area (Å²) in [5, 5.41) is 12.4. The zero-order chi connectivity index (χ0) is 19.6. The molecule has 0 aromatic heterocycles. The topological polar surface area (TPSA) is 66.4 Å². The third kappa shape index (κ3) is 3.90. The molecule has 4 heteroatoms. The smallest absolute Gasteiger partial charge is 0.335 e. The summed E-state index contributed by atoms with van der Waals surface area (Å²) in [7, 11) is 0. The molecule has 0 saturated heterocycles. The number of benzene rings is 3. The van der Waals surface area contributed by atoms with Gasteiger partial charge in [0.15, 0.2) is 0 Å². The zero-order valence-corrected chi connectivity index (χ0v) is 15.5. The SMILES string of the molecule is Cc1cccc(C(=O)Nc2ccccc2-c2cc(C)c(C)c(C(=O)O)c2)c1. The van der Waals surface area contributed by atoms with Crippen LogP contribution in [0.1, 0.15) is 37.4 Å². The van der Waals surface area contributed by atoms with E-state index in [0.717, 1.165) is 27.8 Å². The average Bonchev–Trinajstić information content (AvgIpc) is 2.64. The highest BCUT2D eigenvalue weighted by atomic mass is 16.4. The largest absolute Gasteiger partial charge is 0.478 e. The van der Waals surface area contributed by atoms with Crippen LogP contribution in [0.3, 0.4) is 0 Å². The number of hydrogen-bond donors (Lipinski definition) is 2. The van der Waals surface area contributed by atoms with Crippen LogP contribution in [0.2, 0.25) is 0 Å². The molecule has 0 bridgehead atoms. The fourth-order valence-corrected chi connectivity index (χ4v) is 3.06. The van der Waals surface area contributed by atoms with Crippen molar-refractivity contribution in [3.05, 3.63) is 88.5 Å². The van der Waals surface area contributed by atoms with E-state index in [4.69, 9.17) is 0 Å². The predicted molar refractivity (Wildman–Crippen MR) is 107 cm³/mol.